The normalized spacial score (nSPS) is 12.4. The predicted molar refractivity (Wildman–Crippen MR) is 75.0 cm³/mol. The highest BCUT2D eigenvalue weighted by atomic mass is 16.3. The minimum absolute atomic E-state index is 0.0427. The molecule has 0 bridgehead atoms. The van der Waals surface area contributed by atoms with Gasteiger partial charge in [-0.15, -0.1) is 0 Å². The average Bonchev–Trinajstić information content (AvgIpc) is 2.37. The third-order valence-electron chi connectivity index (χ3n) is 2.89. The average molecular weight is 252 g/mol. The summed E-state index contributed by atoms with van der Waals surface area (Å²) in [7, 11) is 0. The molecule has 1 atom stereocenters. The Kier molecular flexibility index (Phi) is 6.54. The topological polar surface area (TPSA) is 64.5 Å². The third-order valence-corrected chi connectivity index (χ3v) is 2.89. The molecule has 4 N–H and O–H groups in total. The van der Waals surface area contributed by atoms with Gasteiger partial charge in [-0.05, 0) is 24.6 Å². The van der Waals surface area contributed by atoms with Gasteiger partial charge in [0, 0.05) is 18.3 Å². The standard InChI is InChI=1S/C14H24N2O2/c1-3-5-8-16-13-9-11(18)6-7-12(13)14(10-17)15-4-2/h6-7,9,14-18H,3-5,8,10H2,1-2H3. The first-order valence-corrected chi connectivity index (χ1v) is 6.63. The second-order valence-corrected chi connectivity index (χ2v) is 4.34. The summed E-state index contributed by atoms with van der Waals surface area (Å²) < 4.78 is 0. The number of hydrogen-bond donors (Lipinski definition) is 4. The number of hydrogen-bond acceptors (Lipinski definition) is 4. The number of rotatable bonds is 8. The van der Waals surface area contributed by atoms with E-state index in [4.69, 9.17) is 0 Å². The van der Waals surface area contributed by atoms with E-state index in [1.54, 1.807) is 12.1 Å². The molecule has 0 spiro atoms. The molecule has 4 nitrogen and oxygen atoms in total. The van der Waals surface area contributed by atoms with Gasteiger partial charge in [-0.1, -0.05) is 26.3 Å². The second-order valence-electron chi connectivity index (χ2n) is 4.34. The zero-order chi connectivity index (χ0) is 13.4. The maximum Gasteiger partial charge on any atom is 0.117 e. The molecule has 102 valence electrons. The molecule has 0 aliphatic carbocycles. The number of likely N-dealkylation sites (N-methyl/N-ethyl adjacent to an activating group) is 1. The summed E-state index contributed by atoms with van der Waals surface area (Å²) in [5, 5.41) is 25.5. The van der Waals surface area contributed by atoms with Crippen LogP contribution in [0.5, 0.6) is 5.75 Å². The fourth-order valence-corrected chi connectivity index (χ4v) is 1.92. The lowest BCUT2D eigenvalue weighted by atomic mass is 10.0. The van der Waals surface area contributed by atoms with Gasteiger partial charge in [0.25, 0.3) is 0 Å². The van der Waals surface area contributed by atoms with Gasteiger partial charge < -0.3 is 20.8 Å². The smallest absolute Gasteiger partial charge is 0.117 e. The third kappa shape index (κ3) is 4.20. The zero-order valence-corrected chi connectivity index (χ0v) is 11.2. The highest BCUT2D eigenvalue weighted by Gasteiger charge is 2.13. The van der Waals surface area contributed by atoms with Crippen LogP contribution >= 0.6 is 0 Å². The van der Waals surface area contributed by atoms with Gasteiger partial charge in [0.2, 0.25) is 0 Å². The van der Waals surface area contributed by atoms with Crippen LogP contribution in [0.15, 0.2) is 18.2 Å². The van der Waals surface area contributed by atoms with E-state index in [-0.39, 0.29) is 18.4 Å². The lowest BCUT2D eigenvalue weighted by Gasteiger charge is -2.20. The molecule has 1 rings (SSSR count). The van der Waals surface area contributed by atoms with Crippen molar-refractivity contribution in [1.82, 2.24) is 5.32 Å². The van der Waals surface area contributed by atoms with E-state index in [1.807, 2.05) is 13.0 Å². The molecule has 1 aromatic rings. The number of phenolic OH excluding ortho intramolecular Hbond substituents is 1. The molecule has 0 saturated heterocycles. The van der Waals surface area contributed by atoms with Crippen molar-refractivity contribution in [3.8, 4) is 5.75 Å². The maximum absolute atomic E-state index is 9.56. The van der Waals surface area contributed by atoms with Crippen molar-refractivity contribution in [1.29, 1.82) is 0 Å². The molecule has 0 heterocycles. The molecular formula is C14H24N2O2. The Hall–Kier alpha value is -1.26. The molecule has 0 saturated carbocycles. The van der Waals surface area contributed by atoms with Crippen molar-refractivity contribution >= 4 is 5.69 Å². The van der Waals surface area contributed by atoms with Crippen LogP contribution in [0.25, 0.3) is 0 Å². The van der Waals surface area contributed by atoms with Gasteiger partial charge in [0.05, 0.1) is 12.6 Å². The molecule has 0 fully saturated rings. The molecule has 0 amide bonds. The number of unbranched alkanes of at least 4 members (excludes halogenated alkanes) is 1. The van der Waals surface area contributed by atoms with Crippen LogP contribution < -0.4 is 10.6 Å². The summed E-state index contributed by atoms with van der Waals surface area (Å²) in [6.07, 6.45) is 2.21. The molecule has 18 heavy (non-hydrogen) atoms. The lowest BCUT2D eigenvalue weighted by molar-refractivity contribution is 0.246. The lowest BCUT2D eigenvalue weighted by Crippen LogP contribution is -2.25. The monoisotopic (exact) mass is 252 g/mol. The largest absolute Gasteiger partial charge is 0.508 e. The van der Waals surface area contributed by atoms with Gasteiger partial charge >= 0.3 is 0 Å². The summed E-state index contributed by atoms with van der Waals surface area (Å²) in [6, 6.07) is 5.12. The van der Waals surface area contributed by atoms with Crippen LogP contribution in [0.1, 0.15) is 38.3 Å². The van der Waals surface area contributed by atoms with Crippen LogP contribution in [0.3, 0.4) is 0 Å². The summed E-state index contributed by atoms with van der Waals surface area (Å²) in [5.41, 5.74) is 1.89. The number of phenols is 1. The fourth-order valence-electron chi connectivity index (χ4n) is 1.92. The molecule has 4 heteroatoms. The number of aliphatic hydroxyl groups is 1. The van der Waals surface area contributed by atoms with Gasteiger partial charge in [-0.25, -0.2) is 0 Å². The van der Waals surface area contributed by atoms with E-state index in [0.29, 0.717) is 0 Å². The summed E-state index contributed by atoms with van der Waals surface area (Å²) in [4.78, 5) is 0. The van der Waals surface area contributed by atoms with Crippen LogP contribution in [-0.4, -0.2) is 29.9 Å². The molecule has 0 aromatic heterocycles. The summed E-state index contributed by atoms with van der Waals surface area (Å²) in [6.45, 7) is 5.85. The predicted octanol–water partition coefficient (Wildman–Crippen LogP) is 2.25. The Morgan fingerprint density at radius 1 is 1.28 bits per heavy atom. The SMILES string of the molecule is CCCCNc1cc(O)ccc1C(CO)NCC. The van der Waals surface area contributed by atoms with Crippen LogP contribution in [-0.2, 0) is 0 Å². The number of aliphatic hydroxyl groups excluding tert-OH is 1. The van der Waals surface area contributed by atoms with E-state index in [9.17, 15) is 10.2 Å². The number of nitrogens with one attached hydrogen (secondary N) is 2. The van der Waals surface area contributed by atoms with Gasteiger partial charge in [0.15, 0.2) is 0 Å². The number of benzene rings is 1. The summed E-state index contributed by atoms with van der Waals surface area (Å²) in [5.74, 6) is 0.242. The maximum atomic E-state index is 9.56. The molecule has 0 aliphatic heterocycles. The summed E-state index contributed by atoms with van der Waals surface area (Å²) >= 11 is 0. The molecule has 0 radical (unpaired) electrons. The molecular weight excluding hydrogens is 228 g/mol. The van der Waals surface area contributed by atoms with Crippen molar-refractivity contribution in [2.75, 3.05) is 25.0 Å². The Balaban J connectivity index is 2.86. The van der Waals surface area contributed by atoms with Crippen LogP contribution in [0, 0.1) is 0 Å². The van der Waals surface area contributed by atoms with Crippen LogP contribution in [0.4, 0.5) is 5.69 Å². The molecule has 1 aromatic carbocycles. The van der Waals surface area contributed by atoms with Gasteiger partial charge in [-0.2, -0.15) is 0 Å². The second kappa shape index (κ2) is 7.95. The Morgan fingerprint density at radius 2 is 2.06 bits per heavy atom. The van der Waals surface area contributed by atoms with E-state index < -0.39 is 0 Å². The Labute approximate surface area is 109 Å². The number of anilines is 1. The highest BCUT2D eigenvalue weighted by Crippen LogP contribution is 2.27. The van der Waals surface area contributed by atoms with E-state index in [0.717, 1.165) is 37.2 Å². The van der Waals surface area contributed by atoms with E-state index in [1.165, 1.54) is 0 Å². The molecule has 1 unspecified atom stereocenters. The van der Waals surface area contributed by atoms with Crippen molar-refractivity contribution in [3.63, 3.8) is 0 Å². The fraction of sp³-hybridized carbons (Fsp3) is 0.571. The van der Waals surface area contributed by atoms with E-state index >= 15 is 0 Å². The molecule has 0 aliphatic rings. The quantitative estimate of drug-likeness (QED) is 0.536. The van der Waals surface area contributed by atoms with Crippen molar-refractivity contribution in [3.05, 3.63) is 23.8 Å². The first-order valence-electron chi connectivity index (χ1n) is 6.63. The number of aromatic hydroxyl groups is 1. The van der Waals surface area contributed by atoms with Gasteiger partial charge in [-0.3, -0.25) is 0 Å². The van der Waals surface area contributed by atoms with Gasteiger partial charge in [0.1, 0.15) is 5.75 Å². The Bertz CT molecular complexity index is 356. The Morgan fingerprint density at radius 3 is 2.67 bits per heavy atom. The minimum Gasteiger partial charge on any atom is -0.508 e. The minimum atomic E-state index is -0.0975. The van der Waals surface area contributed by atoms with Crippen molar-refractivity contribution in [2.45, 2.75) is 32.7 Å². The van der Waals surface area contributed by atoms with E-state index in [2.05, 4.69) is 17.6 Å². The van der Waals surface area contributed by atoms with Crippen molar-refractivity contribution in [2.24, 2.45) is 0 Å². The zero-order valence-electron chi connectivity index (χ0n) is 11.2. The highest BCUT2D eigenvalue weighted by molar-refractivity contribution is 5.56. The van der Waals surface area contributed by atoms with Crippen molar-refractivity contribution < 1.29 is 10.2 Å². The first-order chi connectivity index (χ1) is 8.72. The first kappa shape index (κ1) is 14.8. The van der Waals surface area contributed by atoms with Crippen LogP contribution in [0.2, 0.25) is 0 Å².